The van der Waals surface area contributed by atoms with Crippen LogP contribution in [0.4, 0.5) is 5.69 Å². The zero-order valence-corrected chi connectivity index (χ0v) is 15.3. The molecule has 7 heteroatoms. The third kappa shape index (κ3) is 5.30. The number of benzene rings is 2. The summed E-state index contributed by atoms with van der Waals surface area (Å²) in [6.45, 7) is 5.96. The highest BCUT2D eigenvalue weighted by molar-refractivity contribution is 7.89. The van der Waals surface area contributed by atoms with Crippen molar-refractivity contribution >= 4 is 21.6 Å². The molecule has 0 aromatic heterocycles. The lowest BCUT2D eigenvalue weighted by Gasteiger charge is -2.10. The molecule has 0 aliphatic carbocycles. The molecule has 0 bridgehead atoms. The molecule has 0 atom stereocenters. The zero-order valence-electron chi connectivity index (χ0n) is 14.4. The molecule has 0 unspecified atom stereocenters. The topological polar surface area (TPSA) is 84.5 Å². The predicted molar refractivity (Wildman–Crippen MR) is 97.5 cm³/mol. The van der Waals surface area contributed by atoms with Crippen LogP contribution in [0, 0.1) is 0 Å². The second-order valence-electron chi connectivity index (χ2n) is 5.71. The van der Waals surface area contributed by atoms with Gasteiger partial charge in [-0.15, -0.1) is 0 Å². The van der Waals surface area contributed by atoms with Gasteiger partial charge in [-0.3, -0.25) is 4.79 Å². The predicted octanol–water partition coefficient (Wildman–Crippen LogP) is 3.02. The van der Waals surface area contributed by atoms with Gasteiger partial charge >= 0.3 is 0 Å². The second kappa shape index (κ2) is 8.13. The Morgan fingerprint density at radius 3 is 2.16 bits per heavy atom. The molecule has 25 heavy (non-hydrogen) atoms. The number of ether oxygens (including phenoxy) is 1. The monoisotopic (exact) mass is 362 g/mol. The fraction of sp³-hybridized carbons (Fsp3) is 0.278. The molecule has 0 radical (unpaired) electrons. The van der Waals surface area contributed by atoms with E-state index in [-0.39, 0.29) is 16.8 Å². The molecule has 0 spiro atoms. The van der Waals surface area contributed by atoms with Gasteiger partial charge in [0.15, 0.2) is 0 Å². The van der Waals surface area contributed by atoms with Crippen molar-refractivity contribution in [3.63, 3.8) is 0 Å². The lowest BCUT2D eigenvalue weighted by molar-refractivity contribution is 0.102. The largest absolute Gasteiger partial charge is 0.494 e. The van der Waals surface area contributed by atoms with Gasteiger partial charge in [-0.2, -0.15) is 0 Å². The fourth-order valence-corrected chi connectivity index (χ4v) is 3.42. The van der Waals surface area contributed by atoms with Gasteiger partial charge in [0.25, 0.3) is 5.91 Å². The SMILES string of the molecule is CCOc1ccc(C(=O)Nc2ccc(S(=O)(=O)NC(C)C)cc2)cc1. The van der Waals surface area contributed by atoms with Crippen LogP contribution in [-0.2, 0) is 10.0 Å². The van der Waals surface area contributed by atoms with Crippen molar-refractivity contribution in [3.8, 4) is 5.75 Å². The van der Waals surface area contributed by atoms with Crippen LogP contribution in [-0.4, -0.2) is 27.0 Å². The van der Waals surface area contributed by atoms with Crippen LogP contribution in [0.5, 0.6) is 5.75 Å². The molecule has 0 saturated heterocycles. The van der Waals surface area contributed by atoms with Gasteiger partial charge in [-0.25, -0.2) is 13.1 Å². The summed E-state index contributed by atoms with van der Waals surface area (Å²) in [6.07, 6.45) is 0. The van der Waals surface area contributed by atoms with Crippen molar-refractivity contribution in [1.29, 1.82) is 0 Å². The number of hydrogen-bond donors (Lipinski definition) is 2. The fourth-order valence-electron chi connectivity index (χ4n) is 2.17. The highest BCUT2D eigenvalue weighted by Gasteiger charge is 2.15. The molecule has 6 nitrogen and oxygen atoms in total. The Hall–Kier alpha value is -2.38. The van der Waals surface area contributed by atoms with Crippen LogP contribution in [0.1, 0.15) is 31.1 Å². The van der Waals surface area contributed by atoms with Gasteiger partial charge in [0.1, 0.15) is 5.75 Å². The number of carbonyl (C=O) groups excluding carboxylic acids is 1. The lowest BCUT2D eigenvalue weighted by atomic mass is 10.2. The molecule has 2 rings (SSSR count). The summed E-state index contributed by atoms with van der Waals surface area (Å²) in [5.41, 5.74) is 1.00. The summed E-state index contributed by atoms with van der Waals surface area (Å²) in [4.78, 5) is 12.4. The first-order valence-electron chi connectivity index (χ1n) is 7.98. The number of rotatable bonds is 7. The molecule has 2 aromatic carbocycles. The van der Waals surface area contributed by atoms with Gasteiger partial charge < -0.3 is 10.1 Å². The first-order chi connectivity index (χ1) is 11.8. The Labute approximate surface area is 148 Å². The van der Waals surface area contributed by atoms with Crippen LogP contribution >= 0.6 is 0 Å². The number of amides is 1. The Balaban J connectivity index is 2.06. The van der Waals surface area contributed by atoms with Crippen molar-refractivity contribution in [2.24, 2.45) is 0 Å². The molecule has 134 valence electrons. The molecule has 0 heterocycles. The minimum atomic E-state index is -3.54. The standard InChI is InChI=1S/C18H22N2O4S/c1-4-24-16-9-5-14(6-10-16)18(21)19-15-7-11-17(12-8-15)25(22,23)20-13(2)3/h5-13,20H,4H2,1-3H3,(H,19,21). The van der Waals surface area contributed by atoms with Gasteiger partial charge in [0.05, 0.1) is 11.5 Å². The molecule has 0 aliphatic heterocycles. The maximum absolute atomic E-state index is 12.2. The van der Waals surface area contributed by atoms with E-state index in [0.717, 1.165) is 0 Å². The average molecular weight is 362 g/mol. The van der Waals surface area contributed by atoms with E-state index in [4.69, 9.17) is 4.74 Å². The molecular weight excluding hydrogens is 340 g/mol. The number of hydrogen-bond acceptors (Lipinski definition) is 4. The average Bonchev–Trinajstić information content (AvgIpc) is 2.55. The third-order valence-electron chi connectivity index (χ3n) is 3.24. The Morgan fingerprint density at radius 1 is 1.04 bits per heavy atom. The number of anilines is 1. The van der Waals surface area contributed by atoms with Gasteiger partial charge in [-0.05, 0) is 69.3 Å². The van der Waals surface area contributed by atoms with E-state index < -0.39 is 10.0 Å². The van der Waals surface area contributed by atoms with Crippen molar-refractivity contribution < 1.29 is 17.9 Å². The molecule has 0 saturated carbocycles. The van der Waals surface area contributed by atoms with Crippen LogP contribution in [0.15, 0.2) is 53.4 Å². The molecule has 0 aliphatic rings. The van der Waals surface area contributed by atoms with E-state index in [0.29, 0.717) is 23.6 Å². The van der Waals surface area contributed by atoms with Crippen molar-refractivity contribution in [2.45, 2.75) is 31.7 Å². The zero-order chi connectivity index (χ0) is 18.4. The molecule has 0 fully saturated rings. The highest BCUT2D eigenvalue weighted by atomic mass is 32.2. The number of nitrogens with one attached hydrogen (secondary N) is 2. The molecular formula is C18H22N2O4S. The smallest absolute Gasteiger partial charge is 0.255 e. The van der Waals surface area contributed by atoms with E-state index in [2.05, 4.69) is 10.0 Å². The normalized spacial score (nSPS) is 11.4. The first kappa shape index (κ1) is 19.0. The van der Waals surface area contributed by atoms with Crippen molar-refractivity contribution in [1.82, 2.24) is 4.72 Å². The van der Waals surface area contributed by atoms with Gasteiger partial charge in [0.2, 0.25) is 10.0 Å². The van der Waals surface area contributed by atoms with Gasteiger partial charge in [0, 0.05) is 17.3 Å². The Bertz CT molecular complexity index is 813. The number of sulfonamides is 1. The minimum absolute atomic E-state index is 0.153. The van der Waals surface area contributed by atoms with Crippen LogP contribution < -0.4 is 14.8 Å². The van der Waals surface area contributed by atoms with E-state index in [1.165, 1.54) is 12.1 Å². The minimum Gasteiger partial charge on any atom is -0.494 e. The van der Waals surface area contributed by atoms with Crippen molar-refractivity contribution in [3.05, 3.63) is 54.1 Å². The quantitative estimate of drug-likeness (QED) is 0.793. The summed E-state index contributed by atoms with van der Waals surface area (Å²) in [7, 11) is -3.54. The van der Waals surface area contributed by atoms with E-state index in [1.54, 1.807) is 50.2 Å². The maximum Gasteiger partial charge on any atom is 0.255 e. The second-order valence-corrected chi connectivity index (χ2v) is 7.43. The van der Waals surface area contributed by atoms with Crippen LogP contribution in [0.3, 0.4) is 0 Å². The number of carbonyl (C=O) groups is 1. The molecule has 2 aromatic rings. The van der Waals surface area contributed by atoms with Crippen LogP contribution in [0.2, 0.25) is 0 Å². The molecule has 1 amide bonds. The highest BCUT2D eigenvalue weighted by Crippen LogP contribution is 2.17. The lowest BCUT2D eigenvalue weighted by Crippen LogP contribution is -2.30. The maximum atomic E-state index is 12.2. The summed E-state index contributed by atoms with van der Waals surface area (Å²) < 4.78 is 32.0. The summed E-state index contributed by atoms with van der Waals surface area (Å²) in [6, 6.07) is 12.6. The third-order valence-corrected chi connectivity index (χ3v) is 4.92. The Kier molecular flexibility index (Phi) is 6.17. The first-order valence-corrected chi connectivity index (χ1v) is 9.46. The summed E-state index contributed by atoms with van der Waals surface area (Å²) >= 11 is 0. The Morgan fingerprint density at radius 2 is 1.64 bits per heavy atom. The summed E-state index contributed by atoms with van der Waals surface area (Å²) in [5, 5.41) is 2.73. The van der Waals surface area contributed by atoms with Gasteiger partial charge in [-0.1, -0.05) is 0 Å². The van der Waals surface area contributed by atoms with E-state index >= 15 is 0 Å². The molecule has 2 N–H and O–H groups in total. The van der Waals surface area contributed by atoms with Crippen molar-refractivity contribution in [2.75, 3.05) is 11.9 Å². The van der Waals surface area contributed by atoms with E-state index in [1.807, 2.05) is 6.92 Å². The van der Waals surface area contributed by atoms with Crippen LogP contribution in [0.25, 0.3) is 0 Å². The summed E-state index contributed by atoms with van der Waals surface area (Å²) in [5.74, 6) is 0.422. The van der Waals surface area contributed by atoms with E-state index in [9.17, 15) is 13.2 Å².